The van der Waals surface area contributed by atoms with Gasteiger partial charge in [-0.3, -0.25) is 0 Å². The van der Waals surface area contributed by atoms with Crippen molar-refractivity contribution in [1.82, 2.24) is 10.3 Å². The molecule has 0 aromatic carbocycles. The lowest BCUT2D eigenvalue weighted by molar-refractivity contribution is 0.401. The first-order valence-corrected chi connectivity index (χ1v) is 6.58. The average Bonchev–Trinajstić information content (AvgIpc) is 2.40. The summed E-state index contributed by atoms with van der Waals surface area (Å²) in [6, 6.07) is 3.75. The van der Waals surface area contributed by atoms with Gasteiger partial charge in [0.1, 0.15) is 16.9 Å². The highest BCUT2D eigenvalue weighted by atomic mass is 35.5. The van der Waals surface area contributed by atoms with E-state index in [-0.39, 0.29) is 0 Å². The SMILES string of the molecule is CNCC1CCCN(c2nccc(C#N)c2Cl)C1. The number of pyridine rings is 1. The monoisotopic (exact) mass is 264 g/mol. The van der Waals surface area contributed by atoms with E-state index in [9.17, 15) is 0 Å². The fraction of sp³-hybridized carbons (Fsp3) is 0.538. The quantitative estimate of drug-likeness (QED) is 0.908. The minimum Gasteiger partial charge on any atom is -0.355 e. The maximum Gasteiger partial charge on any atom is 0.148 e. The van der Waals surface area contributed by atoms with Crippen LogP contribution < -0.4 is 10.2 Å². The predicted octanol–water partition coefficient (Wildman–Crippen LogP) is 2.04. The van der Waals surface area contributed by atoms with Crippen LogP contribution in [0.25, 0.3) is 0 Å². The molecule has 2 rings (SSSR count). The van der Waals surface area contributed by atoms with Crippen molar-refractivity contribution >= 4 is 17.4 Å². The Morgan fingerprint density at radius 1 is 1.67 bits per heavy atom. The van der Waals surface area contributed by atoms with Crippen LogP contribution in [-0.4, -0.2) is 31.7 Å². The first kappa shape index (κ1) is 13.1. The third kappa shape index (κ3) is 2.74. The Morgan fingerprint density at radius 2 is 2.50 bits per heavy atom. The first-order chi connectivity index (χ1) is 8.76. The van der Waals surface area contributed by atoms with E-state index in [0.29, 0.717) is 16.5 Å². The molecule has 1 N–H and O–H groups in total. The van der Waals surface area contributed by atoms with Crippen LogP contribution >= 0.6 is 11.6 Å². The van der Waals surface area contributed by atoms with E-state index >= 15 is 0 Å². The molecule has 2 heterocycles. The number of aromatic nitrogens is 1. The molecule has 1 saturated heterocycles. The number of hydrogen-bond acceptors (Lipinski definition) is 4. The Hall–Kier alpha value is -1.31. The van der Waals surface area contributed by atoms with Gasteiger partial charge in [-0.2, -0.15) is 5.26 Å². The number of halogens is 1. The summed E-state index contributed by atoms with van der Waals surface area (Å²) >= 11 is 6.22. The fourth-order valence-corrected chi connectivity index (χ4v) is 2.73. The summed E-state index contributed by atoms with van der Waals surface area (Å²) in [6.45, 7) is 2.91. The number of nitriles is 1. The summed E-state index contributed by atoms with van der Waals surface area (Å²) < 4.78 is 0. The summed E-state index contributed by atoms with van der Waals surface area (Å²) in [5.41, 5.74) is 0.498. The largest absolute Gasteiger partial charge is 0.355 e. The molecular weight excluding hydrogens is 248 g/mol. The van der Waals surface area contributed by atoms with Gasteiger partial charge in [0.05, 0.1) is 5.56 Å². The summed E-state index contributed by atoms with van der Waals surface area (Å²) in [5, 5.41) is 12.7. The van der Waals surface area contributed by atoms with Gasteiger partial charge in [-0.25, -0.2) is 4.98 Å². The van der Waals surface area contributed by atoms with Gasteiger partial charge in [0, 0.05) is 19.3 Å². The standard InChI is InChI=1S/C13H17ClN4/c1-16-8-10-3-2-6-18(9-10)13-12(14)11(7-15)4-5-17-13/h4-5,10,16H,2-3,6,8-9H2,1H3. The minimum absolute atomic E-state index is 0.477. The maximum atomic E-state index is 8.99. The van der Waals surface area contributed by atoms with Gasteiger partial charge >= 0.3 is 0 Å². The van der Waals surface area contributed by atoms with Crippen LogP contribution in [0.3, 0.4) is 0 Å². The van der Waals surface area contributed by atoms with Gasteiger partial charge in [-0.1, -0.05) is 11.6 Å². The molecule has 0 amide bonds. The van der Waals surface area contributed by atoms with Gasteiger partial charge in [-0.15, -0.1) is 0 Å². The van der Waals surface area contributed by atoms with Crippen molar-refractivity contribution in [3.05, 3.63) is 22.8 Å². The Kier molecular flexibility index (Phi) is 4.40. The number of nitrogens with one attached hydrogen (secondary N) is 1. The molecule has 0 radical (unpaired) electrons. The lowest BCUT2D eigenvalue weighted by atomic mass is 9.98. The zero-order chi connectivity index (χ0) is 13.0. The van der Waals surface area contributed by atoms with E-state index in [2.05, 4.69) is 21.3 Å². The first-order valence-electron chi connectivity index (χ1n) is 6.20. The number of piperidine rings is 1. The molecule has 1 aliphatic heterocycles. The molecule has 1 aliphatic rings. The average molecular weight is 265 g/mol. The van der Waals surface area contributed by atoms with Crippen molar-refractivity contribution in [2.75, 3.05) is 31.6 Å². The predicted molar refractivity (Wildman–Crippen MR) is 72.8 cm³/mol. The van der Waals surface area contributed by atoms with Gasteiger partial charge < -0.3 is 10.2 Å². The lowest BCUT2D eigenvalue weighted by Crippen LogP contribution is -2.39. The van der Waals surface area contributed by atoms with Crippen molar-refractivity contribution < 1.29 is 0 Å². The highest BCUT2D eigenvalue weighted by Gasteiger charge is 2.22. The van der Waals surface area contributed by atoms with Crippen molar-refractivity contribution in [2.24, 2.45) is 5.92 Å². The molecule has 1 aromatic heterocycles. The molecule has 1 unspecified atom stereocenters. The summed E-state index contributed by atoms with van der Waals surface area (Å²) in [7, 11) is 1.97. The van der Waals surface area contributed by atoms with E-state index in [1.54, 1.807) is 12.3 Å². The second-order valence-electron chi connectivity index (χ2n) is 4.62. The maximum absolute atomic E-state index is 8.99. The van der Waals surface area contributed by atoms with Crippen LogP contribution in [0.1, 0.15) is 18.4 Å². The third-order valence-electron chi connectivity index (χ3n) is 3.30. The zero-order valence-corrected chi connectivity index (χ0v) is 11.2. The molecule has 1 fully saturated rings. The molecule has 18 heavy (non-hydrogen) atoms. The molecule has 5 heteroatoms. The highest BCUT2D eigenvalue weighted by Crippen LogP contribution is 2.29. The normalized spacial score (nSPS) is 19.6. The smallest absolute Gasteiger partial charge is 0.148 e. The minimum atomic E-state index is 0.477. The van der Waals surface area contributed by atoms with Crippen LogP contribution in [0, 0.1) is 17.2 Å². The van der Waals surface area contributed by atoms with Crippen LogP contribution in [0.15, 0.2) is 12.3 Å². The van der Waals surface area contributed by atoms with Crippen LogP contribution in [0.2, 0.25) is 5.02 Å². The second-order valence-corrected chi connectivity index (χ2v) is 5.00. The van der Waals surface area contributed by atoms with Crippen molar-refractivity contribution in [3.63, 3.8) is 0 Å². The summed E-state index contributed by atoms with van der Waals surface area (Å²) in [4.78, 5) is 6.52. The fourth-order valence-electron chi connectivity index (χ4n) is 2.45. The van der Waals surface area contributed by atoms with Crippen LogP contribution in [0.5, 0.6) is 0 Å². The van der Waals surface area contributed by atoms with E-state index in [0.717, 1.165) is 31.9 Å². The summed E-state index contributed by atoms with van der Waals surface area (Å²) in [6.07, 6.45) is 4.02. The molecule has 96 valence electrons. The molecule has 1 atom stereocenters. The molecule has 0 aliphatic carbocycles. The molecule has 4 nitrogen and oxygen atoms in total. The van der Waals surface area contributed by atoms with E-state index < -0.39 is 0 Å². The molecule has 0 bridgehead atoms. The molecule has 0 saturated carbocycles. The Balaban J connectivity index is 2.18. The third-order valence-corrected chi connectivity index (χ3v) is 3.68. The van der Waals surface area contributed by atoms with Crippen molar-refractivity contribution in [3.8, 4) is 6.07 Å². The second kappa shape index (κ2) is 6.03. The summed E-state index contributed by atoms with van der Waals surface area (Å²) in [5.74, 6) is 1.36. The van der Waals surface area contributed by atoms with Crippen molar-refractivity contribution in [1.29, 1.82) is 5.26 Å². The lowest BCUT2D eigenvalue weighted by Gasteiger charge is -2.34. The number of hydrogen-bond donors (Lipinski definition) is 1. The molecule has 0 spiro atoms. The molecule has 1 aromatic rings. The van der Waals surface area contributed by atoms with Crippen LogP contribution in [-0.2, 0) is 0 Å². The number of nitrogens with zero attached hydrogens (tertiary/aromatic N) is 3. The van der Waals surface area contributed by atoms with E-state index in [1.165, 1.54) is 6.42 Å². The topological polar surface area (TPSA) is 52.0 Å². The van der Waals surface area contributed by atoms with Gasteiger partial charge in [-0.05, 0) is 38.4 Å². The van der Waals surface area contributed by atoms with Gasteiger partial charge in [0.25, 0.3) is 0 Å². The Bertz CT molecular complexity index is 453. The van der Waals surface area contributed by atoms with Gasteiger partial charge in [0.15, 0.2) is 0 Å². The Labute approximate surface area is 113 Å². The highest BCUT2D eigenvalue weighted by molar-refractivity contribution is 6.34. The van der Waals surface area contributed by atoms with Gasteiger partial charge in [0.2, 0.25) is 0 Å². The number of rotatable bonds is 3. The molecular formula is C13H17ClN4. The van der Waals surface area contributed by atoms with Crippen molar-refractivity contribution in [2.45, 2.75) is 12.8 Å². The van der Waals surface area contributed by atoms with Crippen LogP contribution in [0.4, 0.5) is 5.82 Å². The van der Waals surface area contributed by atoms with E-state index in [1.807, 2.05) is 7.05 Å². The zero-order valence-electron chi connectivity index (χ0n) is 10.5. The number of anilines is 1. The van der Waals surface area contributed by atoms with E-state index in [4.69, 9.17) is 16.9 Å². The Morgan fingerprint density at radius 3 is 3.22 bits per heavy atom.